The fourth-order valence-electron chi connectivity index (χ4n) is 3.47. The third-order valence-electron chi connectivity index (χ3n) is 4.94. The van der Waals surface area contributed by atoms with Gasteiger partial charge in [0.15, 0.2) is 23.6 Å². The van der Waals surface area contributed by atoms with E-state index >= 15 is 0 Å². The van der Waals surface area contributed by atoms with E-state index in [9.17, 15) is 18.8 Å². The SMILES string of the molecule is COc1ccc(N2C(=O)C3N=NN(CC(=O)Nc4ccccc4F)C3C2=O)cc1OC. The number of nitrogens with zero attached hydrogens (tertiary/aromatic N) is 4. The van der Waals surface area contributed by atoms with Gasteiger partial charge < -0.3 is 14.8 Å². The molecule has 2 unspecified atom stereocenters. The molecule has 2 heterocycles. The maximum absolute atomic E-state index is 13.8. The summed E-state index contributed by atoms with van der Waals surface area (Å²) in [6.07, 6.45) is 0. The Hall–Kier alpha value is -4.02. The molecule has 2 aliphatic rings. The molecule has 3 amide bonds. The maximum Gasteiger partial charge on any atom is 0.263 e. The number of fused-ring (bicyclic) bond motifs is 1. The lowest BCUT2D eigenvalue weighted by Crippen LogP contribution is -2.43. The molecule has 1 N–H and O–H groups in total. The lowest BCUT2D eigenvalue weighted by Gasteiger charge is -2.20. The molecule has 11 heteroatoms. The monoisotopic (exact) mass is 427 g/mol. The van der Waals surface area contributed by atoms with Crippen LogP contribution in [0.3, 0.4) is 0 Å². The normalized spacial score (nSPS) is 19.6. The van der Waals surface area contributed by atoms with Crippen molar-refractivity contribution < 1.29 is 28.2 Å². The highest BCUT2D eigenvalue weighted by Gasteiger charge is 2.55. The van der Waals surface area contributed by atoms with Crippen LogP contribution in [-0.4, -0.2) is 55.6 Å². The molecule has 31 heavy (non-hydrogen) atoms. The minimum absolute atomic E-state index is 0.000893. The van der Waals surface area contributed by atoms with Crippen molar-refractivity contribution in [2.24, 2.45) is 10.3 Å². The van der Waals surface area contributed by atoms with Crippen LogP contribution >= 0.6 is 0 Å². The van der Waals surface area contributed by atoms with Crippen molar-refractivity contribution in [1.82, 2.24) is 5.01 Å². The predicted molar refractivity (Wildman–Crippen MR) is 106 cm³/mol. The number of benzene rings is 2. The lowest BCUT2D eigenvalue weighted by atomic mass is 10.1. The summed E-state index contributed by atoms with van der Waals surface area (Å²) in [4.78, 5) is 39.2. The zero-order valence-electron chi connectivity index (χ0n) is 16.6. The summed E-state index contributed by atoms with van der Waals surface area (Å²) >= 11 is 0. The van der Waals surface area contributed by atoms with Crippen molar-refractivity contribution >= 4 is 29.1 Å². The Morgan fingerprint density at radius 3 is 2.55 bits per heavy atom. The number of rotatable bonds is 6. The molecule has 4 rings (SSSR count). The smallest absolute Gasteiger partial charge is 0.263 e. The molecule has 160 valence electrons. The molecule has 2 atom stereocenters. The third kappa shape index (κ3) is 3.54. The number of amides is 3. The topological polar surface area (TPSA) is 113 Å². The van der Waals surface area contributed by atoms with Crippen LogP contribution < -0.4 is 19.7 Å². The highest BCUT2D eigenvalue weighted by Crippen LogP contribution is 2.36. The van der Waals surface area contributed by atoms with Gasteiger partial charge in [-0.25, -0.2) is 9.29 Å². The molecule has 0 aliphatic carbocycles. The summed E-state index contributed by atoms with van der Waals surface area (Å²) < 4.78 is 24.2. The molecule has 0 spiro atoms. The van der Waals surface area contributed by atoms with E-state index in [2.05, 4.69) is 15.7 Å². The molecule has 0 saturated carbocycles. The van der Waals surface area contributed by atoms with E-state index in [-0.39, 0.29) is 17.9 Å². The van der Waals surface area contributed by atoms with Crippen molar-refractivity contribution in [3.05, 3.63) is 48.3 Å². The van der Waals surface area contributed by atoms with Gasteiger partial charge in [0.1, 0.15) is 12.4 Å². The molecule has 10 nitrogen and oxygen atoms in total. The highest BCUT2D eigenvalue weighted by molar-refractivity contribution is 6.25. The number of para-hydroxylation sites is 1. The van der Waals surface area contributed by atoms with E-state index in [1.54, 1.807) is 18.2 Å². The van der Waals surface area contributed by atoms with Crippen LogP contribution in [0.2, 0.25) is 0 Å². The van der Waals surface area contributed by atoms with Gasteiger partial charge in [-0.1, -0.05) is 17.4 Å². The van der Waals surface area contributed by atoms with Gasteiger partial charge in [-0.05, 0) is 24.3 Å². The first-order valence-corrected chi connectivity index (χ1v) is 9.26. The van der Waals surface area contributed by atoms with Crippen LogP contribution in [0.15, 0.2) is 52.8 Å². The van der Waals surface area contributed by atoms with Gasteiger partial charge in [0, 0.05) is 6.07 Å². The zero-order chi connectivity index (χ0) is 22.1. The van der Waals surface area contributed by atoms with Crippen LogP contribution in [0.1, 0.15) is 0 Å². The molecule has 1 saturated heterocycles. The van der Waals surface area contributed by atoms with E-state index in [4.69, 9.17) is 9.47 Å². The van der Waals surface area contributed by atoms with E-state index in [0.29, 0.717) is 11.5 Å². The minimum Gasteiger partial charge on any atom is -0.493 e. The van der Waals surface area contributed by atoms with Gasteiger partial charge in [-0.3, -0.25) is 19.4 Å². The van der Waals surface area contributed by atoms with Gasteiger partial charge in [-0.15, -0.1) is 0 Å². The molecule has 2 aromatic carbocycles. The summed E-state index contributed by atoms with van der Waals surface area (Å²) in [7, 11) is 2.91. The van der Waals surface area contributed by atoms with E-state index in [1.807, 2.05) is 0 Å². The van der Waals surface area contributed by atoms with Crippen molar-refractivity contribution in [1.29, 1.82) is 0 Å². The fourth-order valence-corrected chi connectivity index (χ4v) is 3.47. The van der Waals surface area contributed by atoms with E-state index < -0.39 is 35.6 Å². The van der Waals surface area contributed by atoms with Gasteiger partial charge in [0.25, 0.3) is 11.8 Å². The summed E-state index contributed by atoms with van der Waals surface area (Å²) in [6, 6.07) is 8.18. The highest BCUT2D eigenvalue weighted by atomic mass is 19.1. The van der Waals surface area contributed by atoms with Crippen molar-refractivity contribution in [3.63, 3.8) is 0 Å². The van der Waals surface area contributed by atoms with Gasteiger partial charge in [0.2, 0.25) is 5.91 Å². The molecule has 0 aromatic heterocycles. The van der Waals surface area contributed by atoms with Crippen molar-refractivity contribution in [3.8, 4) is 11.5 Å². The Morgan fingerprint density at radius 2 is 1.84 bits per heavy atom. The molecule has 0 radical (unpaired) electrons. The fraction of sp³-hybridized carbons (Fsp3) is 0.250. The number of anilines is 2. The first-order chi connectivity index (χ1) is 14.9. The molecule has 1 fully saturated rings. The Bertz CT molecular complexity index is 1090. The Labute approximate surface area is 176 Å². The lowest BCUT2D eigenvalue weighted by molar-refractivity contribution is -0.123. The second-order valence-corrected chi connectivity index (χ2v) is 6.77. The third-order valence-corrected chi connectivity index (χ3v) is 4.94. The van der Waals surface area contributed by atoms with E-state index in [0.717, 1.165) is 9.91 Å². The first kappa shape index (κ1) is 20.3. The molecular formula is C20H18FN5O5. The number of methoxy groups -OCH3 is 2. The number of imide groups is 1. The molecule has 2 aromatic rings. The van der Waals surface area contributed by atoms with E-state index in [1.165, 1.54) is 38.5 Å². The standard InChI is InChI=1S/C20H18FN5O5/c1-30-14-8-7-11(9-15(14)31-2)26-19(28)17-18(20(26)29)25(24-23-17)10-16(27)22-13-6-4-3-5-12(13)21/h3-9,17-18H,10H2,1-2H3,(H,22,27). The quantitative estimate of drug-likeness (QED) is 0.703. The van der Waals surface area contributed by atoms with Crippen molar-refractivity contribution in [2.45, 2.75) is 12.1 Å². The van der Waals surface area contributed by atoms with Crippen LogP contribution in [0.25, 0.3) is 0 Å². The summed E-state index contributed by atoms with van der Waals surface area (Å²) in [5.74, 6) is -1.55. The average molecular weight is 427 g/mol. The van der Waals surface area contributed by atoms with Crippen LogP contribution in [0.5, 0.6) is 11.5 Å². The minimum atomic E-state index is -1.07. The molecular weight excluding hydrogens is 409 g/mol. The summed E-state index contributed by atoms with van der Waals surface area (Å²) in [6.45, 7) is -0.377. The number of nitrogens with one attached hydrogen (secondary N) is 1. The van der Waals surface area contributed by atoms with Gasteiger partial charge >= 0.3 is 0 Å². The number of carbonyl (C=O) groups excluding carboxylic acids is 3. The number of carbonyl (C=O) groups is 3. The Kier molecular flexibility index (Phi) is 5.24. The second kappa shape index (κ2) is 8.01. The summed E-state index contributed by atoms with van der Waals surface area (Å²) in [5.41, 5.74) is 0.286. The second-order valence-electron chi connectivity index (χ2n) is 6.77. The Balaban J connectivity index is 1.52. The summed E-state index contributed by atoms with van der Waals surface area (Å²) in [5, 5.41) is 11.2. The Morgan fingerprint density at radius 1 is 1.10 bits per heavy atom. The number of halogens is 1. The number of ether oxygens (including phenoxy) is 2. The maximum atomic E-state index is 13.8. The zero-order valence-corrected chi connectivity index (χ0v) is 16.6. The van der Waals surface area contributed by atoms with Gasteiger partial charge in [0.05, 0.1) is 25.6 Å². The number of hydrogen-bond acceptors (Lipinski definition) is 8. The predicted octanol–water partition coefficient (Wildman–Crippen LogP) is 1.77. The van der Waals surface area contributed by atoms with Crippen LogP contribution in [0.4, 0.5) is 15.8 Å². The molecule has 0 bridgehead atoms. The van der Waals surface area contributed by atoms with Crippen LogP contribution in [0, 0.1) is 5.82 Å². The first-order valence-electron chi connectivity index (χ1n) is 9.26. The van der Waals surface area contributed by atoms with Gasteiger partial charge in [-0.2, -0.15) is 5.11 Å². The van der Waals surface area contributed by atoms with Crippen LogP contribution in [-0.2, 0) is 14.4 Å². The largest absolute Gasteiger partial charge is 0.493 e. The molecule has 2 aliphatic heterocycles. The average Bonchev–Trinajstić information content (AvgIpc) is 3.28. The number of hydrogen-bond donors (Lipinski definition) is 1. The van der Waals surface area contributed by atoms with Crippen molar-refractivity contribution in [2.75, 3.05) is 31.0 Å².